The van der Waals surface area contributed by atoms with Crippen LogP contribution in [0.15, 0.2) is 10.6 Å². The minimum atomic E-state index is 0.182. The summed E-state index contributed by atoms with van der Waals surface area (Å²) in [5.41, 5.74) is 5.18. The predicted molar refractivity (Wildman–Crippen MR) is 31.6 cm³/mol. The van der Waals surface area contributed by atoms with E-state index in [1.54, 1.807) is 13.3 Å². The van der Waals surface area contributed by atoms with Crippen LogP contribution >= 0.6 is 0 Å². The van der Waals surface area contributed by atoms with Crippen LogP contribution in [0.2, 0.25) is 0 Å². The third-order valence-electron chi connectivity index (χ3n) is 0.858. The molecule has 0 aliphatic carbocycles. The molecule has 0 atom stereocenters. The SMILES string of the molecule is COCc1cnc(N)o1. The first-order valence-electron chi connectivity index (χ1n) is 2.52. The predicted octanol–water partition coefficient (Wildman–Crippen LogP) is 0.403. The highest BCUT2D eigenvalue weighted by atomic mass is 16.5. The molecule has 0 bridgehead atoms. The Kier molecular flexibility index (Phi) is 1.69. The molecule has 0 aromatic carbocycles. The number of anilines is 1. The zero-order chi connectivity index (χ0) is 6.69. The normalized spacial score (nSPS) is 9.89. The van der Waals surface area contributed by atoms with Crippen LogP contribution in [0.25, 0.3) is 0 Å². The number of rotatable bonds is 2. The van der Waals surface area contributed by atoms with Gasteiger partial charge in [0, 0.05) is 7.11 Å². The molecule has 0 aliphatic heterocycles. The van der Waals surface area contributed by atoms with E-state index in [0.717, 1.165) is 0 Å². The summed E-state index contributed by atoms with van der Waals surface area (Å²) in [6.07, 6.45) is 1.54. The van der Waals surface area contributed by atoms with Gasteiger partial charge >= 0.3 is 0 Å². The van der Waals surface area contributed by atoms with Crippen LogP contribution in [0, 0.1) is 0 Å². The largest absolute Gasteiger partial charge is 0.426 e. The highest BCUT2D eigenvalue weighted by Crippen LogP contribution is 2.04. The fraction of sp³-hybridized carbons (Fsp3) is 0.400. The van der Waals surface area contributed by atoms with E-state index < -0.39 is 0 Å². The van der Waals surface area contributed by atoms with Gasteiger partial charge in [-0.2, -0.15) is 0 Å². The molecule has 0 unspecified atom stereocenters. The summed E-state index contributed by atoms with van der Waals surface area (Å²) in [5, 5.41) is 0. The summed E-state index contributed by atoms with van der Waals surface area (Å²) in [4.78, 5) is 3.67. The van der Waals surface area contributed by atoms with E-state index in [0.29, 0.717) is 12.4 Å². The number of ether oxygens (including phenoxy) is 1. The lowest BCUT2D eigenvalue weighted by atomic mass is 10.6. The molecule has 0 amide bonds. The Hall–Kier alpha value is -1.03. The third-order valence-corrected chi connectivity index (χ3v) is 0.858. The first kappa shape index (κ1) is 6.10. The molecule has 0 aliphatic rings. The topological polar surface area (TPSA) is 61.3 Å². The van der Waals surface area contributed by atoms with Crippen molar-refractivity contribution in [2.45, 2.75) is 6.61 Å². The number of aromatic nitrogens is 1. The average molecular weight is 128 g/mol. The first-order valence-corrected chi connectivity index (χ1v) is 2.52. The van der Waals surface area contributed by atoms with Crippen molar-refractivity contribution in [1.82, 2.24) is 4.98 Å². The van der Waals surface area contributed by atoms with Crippen molar-refractivity contribution < 1.29 is 9.15 Å². The first-order chi connectivity index (χ1) is 4.33. The van der Waals surface area contributed by atoms with E-state index in [9.17, 15) is 0 Å². The summed E-state index contributed by atoms with van der Waals surface area (Å²) in [6, 6.07) is 0.182. The quantitative estimate of drug-likeness (QED) is 0.626. The lowest BCUT2D eigenvalue weighted by Crippen LogP contribution is -1.83. The third kappa shape index (κ3) is 1.43. The van der Waals surface area contributed by atoms with Gasteiger partial charge in [0.25, 0.3) is 6.01 Å². The molecule has 9 heavy (non-hydrogen) atoms. The summed E-state index contributed by atoms with van der Waals surface area (Å²) < 4.78 is 9.62. The molecule has 0 spiro atoms. The molecule has 1 rings (SSSR count). The van der Waals surface area contributed by atoms with Crippen LogP contribution in [0.4, 0.5) is 6.01 Å². The van der Waals surface area contributed by atoms with Gasteiger partial charge in [-0.3, -0.25) is 0 Å². The fourth-order valence-corrected chi connectivity index (χ4v) is 0.532. The molecule has 1 aromatic rings. The van der Waals surface area contributed by atoms with E-state index in [1.165, 1.54) is 0 Å². The van der Waals surface area contributed by atoms with Crippen molar-refractivity contribution in [3.63, 3.8) is 0 Å². The Balaban J connectivity index is 2.61. The van der Waals surface area contributed by atoms with Crippen molar-refractivity contribution in [1.29, 1.82) is 0 Å². The number of nitrogen functional groups attached to an aromatic ring is 1. The Morgan fingerprint density at radius 1 is 1.89 bits per heavy atom. The van der Waals surface area contributed by atoms with Crippen LogP contribution in [-0.4, -0.2) is 12.1 Å². The molecular formula is C5H8N2O2. The second-order valence-corrected chi connectivity index (χ2v) is 1.60. The zero-order valence-corrected chi connectivity index (χ0v) is 5.13. The van der Waals surface area contributed by atoms with Crippen LogP contribution in [-0.2, 0) is 11.3 Å². The molecular weight excluding hydrogens is 120 g/mol. The number of hydrogen-bond donors (Lipinski definition) is 1. The average Bonchev–Trinajstić information content (AvgIpc) is 2.17. The molecule has 2 N–H and O–H groups in total. The van der Waals surface area contributed by atoms with E-state index in [1.807, 2.05) is 0 Å². The molecule has 1 heterocycles. The Bertz CT molecular complexity index is 185. The highest BCUT2D eigenvalue weighted by molar-refractivity contribution is 5.10. The summed E-state index contributed by atoms with van der Waals surface area (Å²) >= 11 is 0. The van der Waals surface area contributed by atoms with Gasteiger partial charge in [0.05, 0.1) is 6.20 Å². The van der Waals surface area contributed by atoms with Crippen molar-refractivity contribution in [3.05, 3.63) is 12.0 Å². The summed E-state index contributed by atoms with van der Waals surface area (Å²) in [5.74, 6) is 0.648. The molecule has 4 heteroatoms. The van der Waals surface area contributed by atoms with Gasteiger partial charge in [-0.25, -0.2) is 4.98 Å². The Morgan fingerprint density at radius 2 is 2.67 bits per heavy atom. The summed E-state index contributed by atoms with van der Waals surface area (Å²) in [6.45, 7) is 0.421. The molecule has 1 aromatic heterocycles. The fourth-order valence-electron chi connectivity index (χ4n) is 0.532. The smallest absolute Gasteiger partial charge is 0.292 e. The molecule has 50 valence electrons. The lowest BCUT2D eigenvalue weighted by molar-refractivity contribution is 0.165. The maximum Gasteiger partial charge on any atom is 0.292 e. The Morgan fingerprint density at radius 3 is 3.11 bits per heavy atom. The minimum absolute atomic E-state index is 0.182. The Labute approximate surface area is 52.6 Å². The van der Waals surface area contributed by atoms with Gasteiger partial charge in [-0.1, -0.05) is 0 Å². The lowest BCUT2D eigenvalue weighted by Gasteiger charge is -1.88. The number of nitrogens with two attached hydrogens (primary N) is 1. The van der Waals surface area contributed by atoms with Crippen LogP contribution < -0.4 is 5.73 Å². The monoisotopic (exact) mass is 128 g/mol. The second kappa shape index (κ2) is 2.50. The number of oxazole rings is 1. The van der Waals surface area contributed by atoms with Crippen LogP contribution in [0.3, 0.4) is 0 Å². The van der Waals surface area contributed by atoms with Gasteiger partial charge in [0.15, 0.2) is 5.76 Å². The zero-order valence-electron chi connectivity index (χ0n) is 5.13. The second-order valence-electron chi connectivity index (χ2n) is 1.60. The highest BCUT2D eigenvalue weighted by Gasteiger charge is 1.96. The molecule has 0 fully saturated rings. The standard InChI is InChI=1S/C5H8N2O2/c1-8-3-4-2-7-5(6)9-4/h2H,3H2,1H3,(H2,6,7). The van der Waals surface area contributed by atoms with Crippen molar-refractivity contribution in [2.75, 3.05) is 12.8 Å². The van der Waals surface area contributed by atoms with Gasteiger partial charge in [0.1, 0.15) is 6.61 Å². The van der Waals surface area contributed by atoms with Crippen LogP contribution in [0.1, 0.15) is 5.76 Å². The van der Waals surface area contributed by atoms with Crippen molar-refractivity contribution >= 4 is 6.01 Å². The number of hydrogen-bond acceptors (Lipinski definition) is 4. The van der Waals surface area contributed by atoms with E-state index in [2.05, 4.69) is 4.98 Å². The molecule has 0 radical (unpaired) electrons. The van der Waals surface area contributed by atoms with Gasteiger partial charge in [0.2, 0.25) is 0 Å². The van der Waals surface area contributed by atoms with Gasteiger partial charge < -0.3 is 14.9 Å². The van der Waals surface area contributed by atoms with Crippen molar-refractivity contribution in [3.8, 4) is 0 Å². The summed E-state index contributed by atoms with van der Waals surface area (Å²) in [7, 11) is 1.58. The maximum atomic E-state index is 5.18. The van der Waals surface area contributed by atoms with Crippen LogP contribution in [0.5, 0.6) is 0 Å². The number of nitrogens with zero attached hydrogens (tertiary/aromatic N) is 1. The molecule has 0 saturated carbocycles. The minimum Gasteiger partial charge on any atom is -0.426 e. The molecule has 4 nitrogen and oxygen atoms in total. The number of methoxy groups -OCH3 is 1. The van der Waals surface area contributed by atoms with Crippen molar-refractivity contribution in [2.24, 2.45) is 0 Å². The van der Waals surface area contributed by atoms with E-state index >= 15 is 0 Å². The maximum absolute atomic E-state index is 5.18. The van der Waals surface area contributed by atoms with E-state index in [4.69, 9.17) is 14.9 Å². The molecule has 0 saturated heterocycles. The van der Waals surface area contributed by atoms with Gasteiger partial charge in [-0.05, 0) is 0 Å². The van der Waals surface area contributed by atoms with Gasteiger partial charge in [-0.15, -0.1) is 0 Å². The van der Waals surface area contributed by atoms with E-state index in [-0.39, 0.29) is 6.01 Å².